The van der Waals surface area contributed by atoms with Gasteiger partial charge in [-0.3, -0.25) is 19.7 Å². The second-order valence-corrected chi connectivity index (χ2v) is 6.38. The number of hydrogen-bond donors (Lipinski definition) is 2. The Morgan fingerprint density at radius 3 is 2.32 bits per heavy atom. The van der Waals surface area contributed by atoms with E-state index >= 15 is 0 Å². The number of esters is 1. The Kier molecular flexibility index (Phi) is 7.72. The summed E-state index contributed by atoms with van der Waals surface area (Å²) in [6, 6.07) is 5.18. The van der Waals surface area contributed by atoms with Crippen LogP contribution >= 0.6 is 0 Å². The maximum absolute atomic E-state index is 13.9. The number of carboxylic acid groups (broad SMARTS) is 1. The normalized spacial score (nSPS) is 12.5. The van der Waals surface area contributed by atoms with Gasteiger partial charge in [0.1, 0.15) is 17.7 Å². The van der Waals surface area contributed by atoms with E-state index in [0.29, 0.717) is 6.07 Å². The van der Waals surface area contributed by atoms with Crippen molar-refractivity contribution in [1.29, 1.82) is 0 Å². The number of carboxylic acids is 1. The molecule has 0 aliphatic carbocycles. The molecule has 0 saturated carbocycles. The molecule has 2 rings (SSSR count). The van der Waals surface area contributed by atoms with E-state index in [9.17, 15) is 38.4 Å². The number of nitrogens with one attached hydrogen (secondary N) is 1. The Morgan fingerprint density at radius 2 is 1.81 bits per heavy atom. The lowest BCUT2D eigenvalue weighted by Gasteiger charge is -2.25. The van der Waals surface area contributed by atoms with Crippen LogP contribution in [0.25, 0.3) is 0 Å². The lowest BCUT2D eigenvalue weighted by Crippen LogP contribution is -2.46. The number of nitro benzene ring substituents is 1. The molecule has 0 saturated heterocycles. The summed E-state index contributed by atoms with van der Waals surface area (Å²) in [6.07, 6.45) is -0.477. The monoisotopic (exact) mass is 436 g/mol. The summed E-state index contributed by atoms with van der Waals surface area (Å²) in [7, 11) is 0. The summed E-state index contributed by atoms with van der Waals surface area (Å²) in [5.74, 6) is -6.75. The van der Waals surface area contributed by atoms with Crippen LogP contribution in [-0.4, -0.2) is 40.5 Å². The number of rotatable bonds is 9. The zero-order valence-corrected chi connectivity index (χ0v) is 16.2. The Balaban J connectivity index is 2.40. The van der Waals surface area contributed by atoms with Gasteiger partial charge in [-0.2, -0.15) is 0 Å². The smallest absolute Gasteiger partial charge is 0.326 e. The minimum Gasteiger partial charge on any atom is -0.480 e. The molecule has 2 aromatic carbocycles. The third kappa shape index (κ3) is 6.04. The summed E-state index contributed by atoms with van der Waals surface area (Å²) in [4.78, 5) is 46.6. The topological polar surface area (TPSA) is 136 Å². The van der Waals surface area contributed by atoms with Crippen LogP contribution in [-0.2, 0) is 14.3 Å². The molecule has 11 heteroatoms. The molecule has 31 heavy (non-hydrogen) atoms. The molecule has 0 spiro atoms. The molecule has 0 aliphatic rings. The van der Waals surface area contributed by atoms with Crippen molar-refractivity contribution in [1.82, 2.24) is 5.32 Å². The Morgan fingerprint density at radius 1 is 1.16 bits per heavy atom. The highest BCUT2D eigenvalue weighted by atomic mass is 19.1. The number of nitro groups is 1. The number of carbonyl (C=O) groups is 3. The fourth-order valence-electron chi connectivity index (χ4n) is 2.90. The van der Waals surface area contributed by atoms with Gasteiger partial charge < -0.3 is 15.2 Å². The zero-order chi connectivity index (χ0) is 23.1. The second-order valence-electron chi connectivity index (χ2n) is 6.38. The van der Waals surface area contributed by atoms with Gasteiger partial charge in [-0.05, 0) is 24.6 Å². The minimum atomic E-state index is -1.72. The maximum Gasteiger partial charge on any atom is 0.326 e. The molecule has 0 fully saturated rings. The first-order valence-corrected chi connectivity index (χ1v) is 9.02. The van der Waals surface area contributed by atoms with E-state index in [4.69, 9.17) is 4.74 Å². The van der Waals surface area contributed by atoms with E-state index < -0.39 is 58.3 Å². The van der Waals surface area contributed by atoms with Crippen molar-refractivity contribution in [3.05, 3.63) is 75.3 Å². The highest BCUT2D eigenvalue weighted by Crippen LogP contribution is 2.27. The molecular weight excluding hydrogens is 418 g/mol. The van der Waals surface area contributed by atoms with Crippen LogP contribution in [0.1, 0.15) is 35.2 Å². The predicted molar refractivity (Wildman–Crippen MR) is 102 cm³/mol. The van der Waals surface area contributed by atoms with Gasteiger partial charge in [0, 0.05) is 24.1 Å². The molecule has 1 amide bonds. The average molecular weight is 436 g/mol. The first kappa shape index (κ1) is 23.4. The summed E-state index contributed by atoms with van der Waals surface area (Å²) in [5.41, 5.74) is -0.653. The van der Waals surface area contributed by atoms with E-state index in [1.165, 1.54) is 12.1 Å². The van der Waals surface area contributed by atoms with E-state index in [1.54, 1.807) is 6.92 Å². The second kappa shape index (κ2) is 10.2. The number of nitrogens with zero attached hydrogens (tertiary/aromatic N) is 1. The van der Waals surface area contributed by atoms with Crippen LogP contribution in [0.15, 0.2) is 42.5 Å². The quantitative estimate of drug-likeness (QED) is 0.350. The molecule has 0 unspecified atom stereocenters. The number of non-ortho nitro benzene ring substituents is 1. The number of amides is 1. The summed E-state index contributed by atoms with van der Waals surface area (Å²) >= 11 is 0. The van der Waals surface area contributed by atoms with Crippen molar-refractivity contribution in [2.75, 3.05) is 6.61 Å². The predicted octanol–water partition coefficient (Wildman–Crippen LogP) is 2.79. The largest absolute Gasteiger partial charge is 0.480 e. The van der Waals surface area contributed by atoms with Gasteiger partial charge in [0.25, 0.3) is 11.6 Å². The number of ether oxygens (including phenoxy) is 1. The standard InChI is InChI=1S/C20H18F2N2O7/c1-2-31-17(25)10-15(11-3-6-13(7-4-11)24(29)30)18(20(27)28)23-19(26)14-8-5-12(21)9-16(14)22/h3-9,15,18H,2,10H2,1H3,(H,23,26)(H,27,28)/t15-,18+/m0/s1. The van der Waals surface area contributed by atoms with E-state index in [-0.39, 0.29) is 17.9 Å². The van der Waals surface area contributed by atoms with E-state index in [1.807, 2.05) is 0 Å². The highest BCUT2D eigenvalue weighted by molar-refractivity contribution is 5.97. The number of hydrogen-bond acceptors (Lipinski definition) is 6. The fraction of sp³-hybridized carbons (Fsp3) is 0.250. The van der Waals surface area contributed by atoms with Gasteiger partial charge in [0.2, 0.25) is 0 Å². The van der Waals surface area contributed by atoms with Crippen LogP contribution in [0.5, 0.6) is 0 Å². The number of carbonyl (C=O) groups excluding carboxylic acids is 2. The lowest BCUT2D eigenvalue weighted by molar-refractivity contribution is -0.384. The average Bonchev–Trinajstić information content (AvgIpc) is 2.70. The molecule has 0 heterocycles. The molecule has 164 valence electrons. The van der Waals surface area contributed by atoms with Crippen molar-refractivity contribution in [3.8, 4) is 0 Å². The van der Waals surface area contributed by atoms with E-state index in [2.05, 4.69) is 5.32 Å². The van der Waals surface area contributed by atoms with Gasteiger partial charge in [-0.25, -0.2) is 13.6 Å². The molecular formula is C20H18F2N2O7. The first-order valence-electron chi connectivity index (χ1n) is 9.02. The third-order valence-corrected chi connectivity index (χ3v) is 4.35. The number of benzene rings is 2. The molecule has 9 nitrogen and oxygen atoms in total. The van der Waals surface area contributed by atoms with E-state index in [0.717, 1.165) is 24.3 Å². The Bertz CT molecular complexity index is 996. The van der Waals surface area contributed by atoms with Crippen molar-refractivity contribution >= 4 is 23.5 Å². The summed E-state index contributed by atoms with van der Waals surface area (Å²) < 4.78 is 31.9. The minimum absolute atomic E-state index is 0.0245. The lowest BCUT2D eigenvalue weighted by atomic mass is 9.88. The number of aliphatic carboxylic acids is 1. The highest BCUT2D eigenvalue weighted by Gasteiger charge is 2.34. The molecule has 0 aliphatic heterocycles. The molecule has 2 N–H and O–H groups in total. The zero-order valence-electron chi connectivity index (χ0n) is 16.2. The van der Waals surface area contributed by atoms with Gasteiger partial charge in [-0.15, -0.1) is 0 Å². The molecule has 2 aromatic rings. The van der Waals surface area contributed by atoms with Crippen LogP contribution < -0.4 is 5.32 Å². The van der Waals surface area contributed by atoms with Gasteiger partial charge in [0.15, 0.2) is 0 Å². The van der Waals surface area contributed by atoms with Gasteiger partial charge in [-0.1, -0.05) is 12.1 Å². The molecule has 2 atom stereocenters. The van der Waals surface area contributed by atoms with Crippen LogP contribution in [0.4, 0.5) is 14.5 Å². The van der Waals surface area contributed by atoms with Crippen molar-refractivity contribution in [2.24, 2.45) is 0 Å². The van der Waals surface area contributed by atoms with Crippen molar-refractivity contribution in [3.63, 3.8) is 0 Å². The number of halogens is 2. The van der Waals surface area contributed by atoms with Gasteiger partial charge >= 0.3 is 11.9 Å². The molecule has 0 radical (unpaired) electrons. The van der Waals surface area contributed by atoms with Gasteiger partial charge in [0.05, 0.1) is 23.5 Å². The summed E-state index contributed by atoms with van der Waals surface area (Å²) in [5, 5.41) is 22.7. The molecule has 0 aromatic heterocycles. The Labute approximate surface area is 174 Å². The third-order valence-electron chi connectivity index (χ3n) is 4.35. The maximum atomic E-state index is 13.9. The fourth-order valence-corrected chi connectivity index (χ4v) is 2.90. The molecule has 0 bridgehead atoms. The van der Waals surface area contributed by atoms with Crippen molar-refractivity contribution < 1.29 is 37.9 Å². The Hall–Kier alpha value is -3.89. The summed E-state index contributed by atoms with van der Waals surface area (Å²) in [6.45, 7) is 1.57. The van der Waals surface area contributed by atoms with Crippen LogP contribution in [0.3, 0.4) is 0 Å². The first-order chi connectivity index (χ1) is 14.6. The van der Waals surface area contributed by atoms with Crippen molar-refractivity contribution in [2.45, 2.75) is 25.3 Å². The van der Waals surface area contributed by atoms with Crippen LogP contribution in [0, 0.1) is 21.7 Å². The SMILES string of the molecule is CCOC(=O)C[C@@H](c1ccc([N+](=O)[O-])cc1)[C@@H](NC(=O)c1ccc(F)cc1F)C(=O)O. The van der Waals surface area contributed by atoms with Crippen LogP contribution in [0.2, 0.25) is 0 Å².